The lowest BCUT2D eigenvalue weighted by molar-refractivity contribution is 0.0690. The lowest BCUT2D eigenvalue weighted by atomic mass is 10.1. The molecule has 2 aromatic carbocycles. The standard InChI is InChI=1S/C17H15N5O3.C8H10FN/c1-9-2-4-11-10(6-9)3-5-12(11)20-15(23)14-7-13(16(24)25)21-17-18-8-19-22(14)17;1-6-4-7(5-10)2-3-8(6)9/h2,4,6-8,12H,3,5H2,1H3,(H,20,23)(H,24,25);2-4H,5,10H2,1H3/t12-;/m0./s1. The molecule has 2 aromatic heterocycles. The van der Waals surface area contributed by atoms with E-state index in [-0.39, 0.29) is 29.0 Å². The first kappa shape index (κ1) is 24.0. The van der Waals surface area contributed by atoms with Crippen LogP contribution in [-0.4, -0.2) is 36.6 Å². The van der Waals surface area contributed by atoms with E-state index in [9.17, 15) is 19.1 Å². The number of benzene rings is 2. The SMILES string of the molecule is Cc1cc(CN)ccc1F.Cc1ccc2c(c1)CC[C@@H]2NC(=O)c1cc(C(=O)O)nc2ncnn12. The Morgan fingerprint density at radius 1 is 1.20 bits per heavy atom. The average Bonchev–Trinajstić information content (AvgIpc) is 3.47. The van der Waals surface area contributed by atoms with Crippen LogP contribution in [0.15, 0.2) is 48.8 Å². The van der Waals surface area contributed by atoms with Crippen LogP contribution in [0.1, 0.15) is 61.3 Å². The number of carboxylic acid groups (broad SMARTS) is 1. The molecule has 1 aliphatic rings. The smallest absolute Gasteiger partial charge is 0.354 e. The number of amides is 1. The van der Waals surface area contributed by atoms with Gasteiger partial charge in [0.2, 0.25) is 0 Å². The maximum Gasteiger partial charge on any atom is 0.354 e. The number of carbonyl (C=O) groups is 2. The summed E-state index contributed by atoms with van der Waals surface area (Å²) in [5, 5.41) is 16.1. The van der Waals surface area contributed by atoms with Crippen LogP contribution < -0.4 is 11.1 Å². The zero-order valence-corrected chi connectivity index (χ0v) is 19.3. The van der Waals surface area contributed by atoms with Gasteiger partial charge in [0.05, 0.1) is 6.04 Å². The second-order valence-corrected chi connectivity index (χ2v) is 8.36. The molecule has 0 radical (unpaired) electrons. The van der Waals surface area contributed by atoms with Crippen LogP contribution in [0.2, 0.25) is 0 Å². The zero-order chi connectivity index (χ0) is 25.1. The average molecular weight is 477 g/mol. The first-order valence-corrected chi connectivity index (χ1v) is 11.1. The molecule has 1 amide bonds. The second-order valence-electron chi connectivity index (χ2n) is 8.36. The number of fused-ring (bicyclic) bond motifs is 2. The van der Waals surface area contributed by atoms with Gasteiger partial charge in [0.15, 0.2) is 5.69 Å². The van der Waals surface area contributed by atoms with Crippen molar-refractivity contribution >= 4 is 17.7 Å². The summed E-state index contributed by atoms with van der Waals surface area (Å²) in [6, 6.07) is 12.2. The Bertz CT molecular complexity index is 1420. The van der Waals surface area contributed by atoms with E-state index in [2.05, 4.69) is 26.4 Å². The highest BCUT2D eigenvalue weighted by Crippen LogP contribution is 2.31. The summed E-state index contributed by atoms with van der Waals surface area (Å²) in [7, 11) is 0. The van der Waals surface area contributed by atoms with Crippen molar-refractivity contribution in [1.29, 1.82) is 0 Å². The van der Waals surface area contributed by atoms with Crippen molar-refractivity contribution in [3.05, 3.63) is 93.8 Å². The molecule has 0 bridgehead atoms. The van der Waals surface area contributed by atoms with Crippen molar-refractivity contribution in [1.82, 2.24) is 24.9 Å². The van der Waals surface area contributed by atoms with Crippen molar-refractivity contribution < 1.29 is 19.1 Å². The van der Waals surface area contributed by atoms with E-state index < -0.39 is 11.9 Å². The van der Waals surface area contributed by atoms with Gasteiger partial charge in [-0.1, -0.05) is 35.9 Å². The van der Waals surface area contributed by atoms with Gasteiger partial charge in [-0.2, -0.15) is 14.6 Å². The maximum atomic E-state index is 12.7. The van der Waals surface area contributed by atoms with Crippen LogP contribution in [0.25, 0.3) is 5.78 Å². The monoisotopic (exact) mass is 476 g/mol. The second kappa shape index (κ2) is 9.98. The molecule has 4 N–H and O–H groups in total. The highest BCUT2D eigenvalue weighted by Gasteiger charge is 2.26. The molecule has 4 aromatic rings. The number of rotatable bonds is 4. The summed E-state index contributed by atoms with van der Waals surface area (Å²) < 4.78 is 13.8. The number of aryl methyl sites for hydroxylation is 3. The van der Waals surface area contributed by atoms with E-state index in [0.29, 0.717) is 12.1 Å². The van der Waals surface area contributed by atoms with Crippen LogP contribution in [-0.2, 0) is 13.0 Å². The summed E-state index contributed by atoms with van der Waals surface area (Å²) >= 11 is 0. The van der Waals surface area contributed by atoms with Crippen molar-refractivity contribution in [3.63, 3.8) is 0 Å². The fraction of sp³-hybridized carbons (Fsp3) is 0.240. The highest BCUT2D eigenvalue weighted by molar-refractivity contribution is 5.96. The molecule has 180 valence electrons. The van der Waals surface area contributed by atoms with Crippen LogP contribution in [0.4, 0.5) is 4.39 Å². The molecule has 1 atom stereocenters. The molecule has 2 heterocycles. The number of carboxylic acids is 1. The fourth-order valence-corrected chi connectivity index (χ4v) is 4.05. The summed E-state index contributed by atoms with van der Waals surface area (Å²) in [5.41, 5.74) is 10.4. The molecule has 35 heavy (non-hydrogen) atoms. The van der Waals surface area contributed by atoms with Gasteiger partial charge < -0.3 is 16.2 Å². The Kier molecular flexibility index (Phi) is 6.83. The molecule has 0 unspecified atom stereocenters. The highest BCUT2D eigenvalue weighted by atomic mass is 19.1. The first-order valence-electron chi connectivity index (χ1n) is 11.1. The van der Waals surface area contributed by atoms with Gasteiger partial charge >= 0.3 is 5.97 Å². The van der Waals surface area contributed by atoms with Gasteiger partial charge in [-0.05, 0) is 55.0 Å². The third-order valence-corrected chi connectivity index (χ3v) is 5.84. The molecule has 0 saturated carbocycles. The number of aromatic carboxylic acids is 1. The number of hydrogen-bond donors (Lipinski definition) is 3. The Morgan fingerprint density at radius 2 is 2.00 bits per heavy atom. The summed E-state index contributed by atoms with van der Waals surface area (Å²) in [6.07, 6.45) is 2.94. The number of halogens is 1. The summed E-state index contributed by atoms with van der Waals surface area (Å²) in [5.74, 6) is -1.72. The summed E-state index contributed by atoms with van der Waals surface area (Å²) in [6.45, 7) is 4.24. The lowest BCUT2D eigenvalue weighted by Crippen LogP contribution is -2.29. The van der Waals surface area contributed by atoms with Crippen LogP contribution >= 0.6 is 0 Å². The van der Waals surface area contributed by atoms with Gasteiger partial charge in [-0.25, -0.2) is 14.2 Å². The molecule has 0 saturated heterocycles. The Labute approximate surface area is 200 Å². The van der Waals surface area contributed by atoms with Gasteiger partial charge in [-0.3, -0.25) is 4.79 Å². The molecular formula is C25H25FN6O3. The number of hydrogen-bond acceptors (Lipinski definition) is 6. The van der Waals surface area contributed by atoms with Crippen molar-refractivity contribution in [2.75, 3.05) is 0 Å². The predicted octanol–water partition coefficient (Wildman–Crippen LogP) is 3.14. The van der Waals surface area contributed by atoms with E-state index >= 15 is 0 Å². The third kappa shape index (κ3) is 5.17. The van der Waals surface area contributed by atoms with E-state index in [1.54, 1.807) is 19.1 Å². The van der Waals surface area contributed by atoms with Crippen LogP contribution in [0, 0.1) is 19.7 Å². The van der Waals surface area contributed by atoms with Crippen LogP contribution in [0.3, 0.4) is 0 Å². The van der Waals surface area contributed by atoms with E-state index in [4.69, 9.17) is 5.73 Å². The maximum absolute atomic E-state index is 12.7. The molecule has 0 aliphatic heterocycles. The minimum absolute atomic E-state index is 0.0764. The number of carbonyl (C=O) groups excluding carboxylic acids is 1. The normalized spacial score (nSPS) is 14.2. The first-order chi connectivity index (χ1) is 16.8. The quantitative estimate of drug-likeness (QED) is 0.412. The van der Waals surface area contributed by atoms with E-state index in [1.165, 1.54) is 34.1 Å². The molecule has 10 heteroatoms. The largest absolute Gasteiger partial charge is 0.477 e. The summed E-state index contributed by atoms with van der Waals surface area (Å²) in [4.78, 5) is 31.7. The minimum atomic E-state index is -1.22. The predicted molar refractivity (Wildman–Crippen MR) is 126 cm³/mol. The van der Waals surface area contributed by atoms with Gasteiger partial charge in [-0.15, -0.1) is 0 Å². The minimum Gasteiger partial charge on any atom is -0.477 e. The molecule has 5 rings (SSSR count). The molecule has 1 aliphatic carbocycles. The zero-order valence-electron chi connectivity index (χ0n) is 19.3. The van der Waals surface area contributed by atoms with Crippen molar-refractivity contribution in [2.45, 2.75) is 39.3 Å². The number of nitrogens with zero attached hydrogens (tertiary/aromatic N) is 4. The Morgan fingerprint density at radius 3 is 2.71 bits per heavy atom. The van der Waals surface area contributed by atoms with E-state index in [1.807, 2.05) is 19.1 Å². The molecule has 9 nitrogen and oxygen atoms in total. The number of nitrogens with one attached hydrogen (secondary N) is 1. The third-order valence-electron chi connectivity index (χ3n) is 5.84. The Balaban J connectivity index is 0.000000243. The Hall–Kier alpha value is -4.18. The fourth-order valence-electron chi connectivity index (χ4n) is 4.05. The van der Waals surface area contributed by atoms with E-state index in [0.717, 1.165) is 24.0 Å². The van der Waals surface area contributed by atoms with Crippen LogP contribution in [0.5, 0.6) is 0 Å². The lowest BCUT2D eigenvalue weighted by Gasteiger charge is -2.15. The van der Waals surface area contributed by atoms with Gasteiger partial charge in [0, 0.05) is 12.6 Å². The van der Waals surface area contributed by atoms with Crippen molar-refractivity contribution in [3.8, 4) is 0 Å². The number of nitrogens with two attached hydrogens (primary N) is 1. The molecule has 0 fully saturated rings. The number of aromatic nitrogens is 4. The topological polar surface area (TPSA) is 136 Å². The van der Waals surface area contributed by atoms with Crippen molar-refractivity contribution in [2.24, 2.45) is 5.73 Å². The van der Waals surface area contributed by atoms with Gasteiger partial charge in [0.1, 0.15) is 17.8 Å². The molecular weight excluding hydrogens is 451 g/mol. The molecule has 0 spiro atoms. The van der Waals surface area contributed by atoms with Gasteiger partial charge in [0.25, 0.3) is 11.7 Å².